The highest BCUT2D eigenvalue weighted by molar-refractivity contribution is 6.07. The summed E-state index contributed by atoms with van der Waals surface area (Å²) in [4.78, 5) is 58.6. The second-order valence-corrected chi connectivity index (χ2v) is 12.8. The average molecular weight is 590 g/mol. The van der Waals surface area contributed by atoms with Gasteiger partial charge in [0.15, 0.2) is 0 Å². The van der Waals surface area contributed by atoms with Crippen LogP contribution in [0, 0.1) is 22.6 Å². The van der Waals surface area contributed by atoms with Gasteiger partial charge in [0.1, 0.15) is 30.5 Å². The average Bonchev–Trinajstić information content (AvgIpc) is 3.65. The largest absolute Gasteiger partial charge is 0.448 e. The van der Waals surface area contributed by atoms with E-state index in [1.165, 1.54) is 33.9 Å². The molecule has 11 heteroatoms. The van der Waals surface area contributed by atoms with E-state index >= 15 is 0 Å². The molecule has 3 heterocycles. The number of likely N-dealkylation sites (tertiary alicyclic amines) is 1. The minimum absolute atomic E-state index is 0.00698. The summed E-state index contributed by atoms with van der Waals surface area (Å²) in [6.07, 6.45) is -0.124. The Hall–Kier alpha value is -4.46. The van der Waals surface area contributed by atoms with Crippen LogP contribution in [0.2, 0.25) is 0 Å². The zero-order chi connectivity index (χ0) is 31.1. The first-order valence-corrected chi connectivity index (χ1v) is 14.4. The molecule has 2 aromatic carbocycles. The van der Waals surface area contributed by atoms with E-state index in [-0.39, 0.29) is 44.9 Å². The normalized spacial score (nSPS) is 22.6. The van der Waals surface area contributed by atoms with Crippen molar-refractivity contribution in [2.24, 2.45) is 5.41 Å². The van der Waals surface area contributed by atoms with E-state index < -0.39 is 52.7 Å². The monoisotopic (exact) mass is 589 g/mol. The molecule has 2 saturated heterocycles. The first-order chi connectivity index (χ1) is 20.3. The number of carbonyl (C=O) groups excluding carboxylic acids is 4. The molecule has 1 spiro atoms. The highest BCUT2D eigenvalue weighted by Gasteiger charge is 2.57. The fraction of sp³-hybridized carbons (Fsp3) is 0.469. The first-order valence-electron chi connectivity index (χ1n) is 14.4. The predicted octanol–water partition coefficient (Wildman–Crippen LogP) is 3.47. The highest BCUT2D eigenvalue weighted by Crippen LogP contribution is 2.46. The number of amides is 4. The van der Waals surface area contributed by atoms with Crippen molar-refractivity contribution in [1.82, 2.24) is 14.7 Å². The molecule has 0 radical (unpaired) electrons. The van der Waals surface area contributed by atoms with Crippen LogP contribution < -0.4 is 5.32 Å². The lowest BCUT2D eigenvalue weighted by Crippen LogP contribution is -2.57. The summed E-state index contributed by atoms with van der Waals surface area (Å²) >= 11 is 0. The van der Waals surface area contributed by atoms with Gasteiger partial charge in [-0.25, -0.2) is 9.18 Å². The number of para-hydroxylation sites is 1. The van der Waals surface area contributed by atoms with Crippen molar-refractivity contribution in [1.29, 1.82) is 5.26 Å². The molecular weight excluding hydrogens is 553 g/mol. The zero-order valence-electron chi connectivity index (χ0n) is 24.8. The molecule has 5 rings (SSSR count). The molecule has 0 aromatic heterocycles. The quantitative estimate of drug-likeness (QED) is 0.528. The van der Waals surface area contributed by atoms with Gasteiger partial charge < -0.3 is 19.9 Å². The Bertz CT molecular complexity index is 1480. The Balaban J connectivity index is 1.47. The van der Waals surface area contributed by atoms with Gasteiger partial charge in [0, 0.05) is 32.1 Å². The van der Waals surface area contributed by atoms with E-state index in [1.807, 2.05) is 39.0 Å². The van der Waals surface area contributed by atoms with Crippen molar-refractivity contribution < 1.29 is 28.3 Å². The molecular formula is C32H36FN5O5. The van der Waals surface area contributed by atoms with Crippen LogP contribution >= 0.6 is 0 Å². The fourth-order valence-corrected chi connectivity index (χ4v) is 6.40. The molecule has 1 N–H and O–H groups in total. The molecule has 0 saturated carbocycles. The minimum atomic E-state index is -1.06. The number of rotatable bonds is 7. The summed E-state index contributed by atoms with van der Waals surface area (Å²) in [7, 11) is 1.53. The standard InChI is InChI=1S/C32H36FN5O5/c1-31(2,3)17-26(28(40)38-19-32(16-22(38)18-34)23-7-5-6-8-24(23)35-29(32)41)36(4)27(39)25(37-13-14-43-30(37)42)15-20-9-11-21(33)12-10-20/h5-12,22,25-26H,13-17,19H2,1-4H3,(H,35,41)/t22-,25-,26-,32-/m0/s1. The van der Waals surface area contributed by atoms with E-state index in [9.17, 15) is 28.8 Å². The molecule has 10 nitrogen and oxygen atoms in total. The van der Waals surface area contributed by atoms with Crippen LogP contribution in [-0.2, 0) is 31.0 Å². The van der Waals surface area contributed by atoms with Gasteiger partial charge in [-0.2, -0.15) is 5.26 Å². The lowest BCUT2D eigenvalue weighted by atomic mass is 9.80. The van der Waals surface area contributed by atoms with E-state index in [4.69, 9.17) is 4.74 Å². The summed E-state index contributed by atoms with van der Waals surface area (Å²) in [5.41, 5.74) is 0.595. The second kappa shape index (κ2) is 11.3. The minimum Gasteiger partial charge on any atom is -0.448 e. The van der Waals surface area contributed by atoms with Crippen LogP contribution in [0.1, 0.15) is 44.7 Å². The first kappa shape index (κ1) is 30.0. The number of anilines is 1. The van der Waals surface area contributed by atoms with Gasteiger partial charge in [-0.05, 0) is 41.2 Å². The summed E-state index contributed by atoms with van der Waals surface area (Å²) < 4.78 is 18.7. The third kappa shape index (κ3) is 5.66. The molecule has 0 unspecified atom stereocenters. The number of nitrogens with zero attached hydrogens (tertiary/aromatic N) is 4. The molecule has 4 atom stereocenters. The Labute approximate surface area is 250 Å². The number of nitrogens with one attached hydrogen (secondary N) is 1. The smallest absolute Gasteiger partial charge is 0.410 e. The lowest BCUT2D eigenvalue weighted by molar-refractivity contribution is -0.148. The number of halogens is 1. The van der Waals surface area contributed by atoms with Crippen molar-refractivity contribution in [3.63, 3.8) is 0 Å². The van der Waals surface area contributed by atoms with Crippen molar-refractivity contribution in [3.8, 4) is 6.07 Å². The van der Waals surface area contributed by atoms with Crippen LogP contribution in [0.25, 0.3) is 0 Å². The number of hydrogen-bond acceptors (Lipinski definition) is 6. The topological polar surface area (TPSA) is 123 Å². The van der Waals surface area contributed by atoms with E-state index in [1.54, 1.807) is 18.2 Å². The van der Waals surface area contributed by atoms with Crippen LogP contribution in [-0.4, -0.2) is 83.4 Å². The maximum atomic E-state index is 14.4. The molecule has 43 heavy (non-hydrogen) atoms. The number of fused-ring (bicyclic) bond motifs is 2. The van der Waals surface area contributed by atoms with Crippen molar-refractivity contribution in [2.75, 3.05) is 32.1 Å². The Kier molecular flexibility index (Phi) is 7.90. The molecule has 3 aliphatic rings. The van der Waals surface area contributed by atoms with Gasteiger partial charge >= 0.3 is 6.09 Å². The highest BCUT2D eigenvalue weighted by atomic mass is 19.1. The summed E-state index contributed by atoms with van der Waals surface area (Å²) in [5, 5.41) is 13.0. The number of ether oxygens (including phenoxy) is 1. The molecule has 3 aliphatic heterocycles. The molecule has 2 fully saturated rings. The van der Waals surface area contributed by atoms with Crippen LogP contribution in [0.4, 0.5) is 14.9 Å². The van der Waals surface area contributed by atoms with Gasteiger partial charge in [0.2, 0.25) is 17.7 Å². The van der Waals surface area contributed by atoms with E-state index in [2.05, 4.69) is 11.4 Å². The summed E-state index contributed by atoms with van der Waals surface area (Å²) in [6, 6.07) is 12.3. The van der Waals surface area contributed by atoms with Gasteiger partial charge in [0.05, 0.1) is 18.0 Å². The van der Waals surface area contributed by atoms with Gasteiger partial charge in [-0.1, -0.05) is 51.1 Å². The summed E-state index contributed by atoms with van der Waals surface area (Å²) in [6.45, 7) is 6.19. The Morgan fingerprint density at radius 2 is 1.88 bits per heavy atom. The van der Waals surface area contributed by atoms with Crippen molar-refractivity contribution in [3.05, 3.63) is 65.5 Å². The Morgan fingerprint density at radius 3 is 2.51 bits per heavy atom. The number of nitriles is 1. The predicted molar refractivity (Wildman–Crippen MR) is 155 cm³/mol. The lowest BCUT2D eigenvalue weighted by Gasteiger charge is -2.38. The molecule has 4 amide bonds. The molecule has 2 aromatic rings. The van der Waals surface area contributed by atoms with Gasteiger partial charge in [0.25, 0.3) is 0 Å². The Morgan fingerprint density at radius 1 is 1.19 bits per heavy atom. The molecule has 0 bridgehead atoms. The van der Waals surface area contributed by atoms with Crippen LogP contribution in [0.15, 0.2) is 48.5 Å². The fourth-order valence-electron chi connectivity index (χ4n) is 6.40. The summed E-state index contributed by atoms with van der Waals surface area (Å²) in [5.74, 6) is -1.59. The third-order valence-corrected chi connectivity index (χ3v) is 8.62. The maximum absolute atomic E-state index is 14.4. The van der Waals surface area contributed by atoms with Gasteiger partial charge in [-0.15, -0.1) is 0 Å². The number of likely N-dealkylation sites (N-methyl/N-ethyl adjacent to an activating group) is 1. The maximum Gasteiger partial charge on any atom is 0.410 e. The van der Waals surface area contributed by atoms with Crippen LogP contribution in [0.5, 0.6) is 0 Å². The van der Waals surface area contributed by atoms with E-state index in [0.717, 1.165) is 5.56 Å². The number of hydrogen-bond donors (Lipinski definition) is 1. The number of cyclic esters (lactones) is 1. The molecule has 226 valence electrons. The van der Waals surface area contributed by atoms with Crippen molar-refractivity contribution in [2.45, 2.75) is 63.6 Å². The number of benzene rings is 2. The number of carbonyl (C=O) groups is 4. The van der Waals surface area contributed by atoms with E-state index in [0.29, 0.717) is 11.3 Å². The van der Waals surface area contributed by atoms with Gasteiger partial charge in [-0.3, -0.25) is 19.3 Å². The SMILES string of the molecule is CN(C(=O)[C@H](Cc1ccc(F)cc1)N1CCOC1=O)[C@@H](CC(C)(C)C)C(=O)N1C[C@]2(C[C@H]1C#N)C(=O)Nc1ccccc12. The van der Waals surface area contributed by atoms with Crippen molar-refractivity contribution >= 4 is 29.5 Å². The second-order valence-electron chi connectivity index (χ2n) is 12.8. The zero-order valence-corrected chi connectivity index (χ0v) is 24.8. The molecule has 0 aliphatic carbocycles. The third-order valence-electron chi connectivity index (χ3n) is 8.62. The van der Waals surface area contributed by atoms with Crippen LogP contribution in [0.3, 0.4) is 0 Å².